The number of esters is 1. The van der Waals surface area contributed by atoms with Crippen molar-refractivity contribution in [3.8, 4) is 5.75 Å². The molecule has 2 aromatic carbocycles. The Balaban J connectivity index is 1.64. The maximum absolute atomic E-state index is 13.0. The summed E-state index contributed by atoms with van der Waals surface area (Å²) < 4.78 is 29.1. The molecule has 0 saturated heterocycles. The van der Waals surface area contributed by atoms with Crippen molar-refractivity contribution in [2.24, 2.45) is 0 Å². The fourth-order valence-electron chi connectivity index (χ4n) is 2.67. The monoisotopic (exact) mass is 412 g/mol. The molecule has 0 bridgehead atoms. The molecule has 3 aromatic rings. The summed E-state index contributed by atoms with van der Waals surface area (Å²) in [6.45, 7) is 5.20. The highest BCUT2D eigenvalue weighted by atomic mass is 19.1. The fourth-order valence-corrected chi connectivity index (χ4v) is 2.67. The van der Waals surface area contributed by atoms with Gasteiger partial charge in [-0.05, 0) is 57.2 Å². The zero-order valence-corrected chi connectivity index (χ0v) is 16.8. The summed E-state index contributed by atoms with van der Waals surface area (Å²) in [5.41, 5.74) is 2.09. The van der Waals surface area contributed by atoms with E-state index in [1.807, 2.05) is 0 Å². The number of benzene rings is 2. The van der Waals surface area contributed by atoms with Crippen molar-refractivity contribution in [3.63, 3.8) is 0 Å². The number of ether oxygens (including phenoxy) is 2. The number of rotatable bonds is 7. The van der Waals surface area contributed by atoms with Gasteiger partial charge in [0.25, 0.3) is 5.91 Å². The van der Waals surface area contributed by atoms with E-state index in [2.05, 4.69) is 10.5 Å². The molecule has 0 spiro atoms. The molecule has 1 heterocycles. The Kier molecular flexibility index (Phi) is 6.46. The molecule has 0 aliphatic rings. The minimum absolute atomic E-state index is 0.173. The number of hydrogen-bond donors (Lipinski definition) is 1. The van der Waals surface area contributed by atoms with E-state index in [1.165, 1.54) is 31.2 Å². The lowest BCUT2D eigenvalue weighted by Gasteiger charge is -2.15. The van der Waals surface area contributed by atoms with Gasteiger partial charge >= 0.3 is 5.97 Å². The van der Waals surface area contributed by atoms with E-state index in [4.69, 9.17) is 14.0 Å². The Morgan fingerprint density at radius 3 is 2.50 bits per heavy atom. The minimum Gasteiger partial charge on any atom is -0.488 e. The number of para-hydroxylation sites is 1. The van der Waals surface area contributed by atoms with Gasteiger partial charge < -0.3 is 19.3 Å². The molecule has 0 fully saturated rings. The number of carbonyl (C=O) groups excluding carboxylic acids is 2. The van der Waals surface area contributed by atoms with Crippen LogP contribution in [0.4, 0.5) is 10.1 Å². The van der Waals surface area contributed by atoms with Crippen molar-refractivity contribution in [3.05, 3.63) is 76.9 Å². The van der Waals surface area contributed by atoms with E-state index in [1.54, 1.807) is 38.1 Å². The first-order chi connectivity index (χ1) is 14.3. The van der Waals surface area contributed by atoms with Crippen LogP contribution in [-0.2, 0) is 16.1 Å². The highest BCUT2D eigenvalue weighted by Gasteiger charge is 2.22. The zero-order chi connectivity index (χ0) is 21.7. The van der Waals surface area contributed by atoms with Crippen molar-refractivity contribution >= 4 is 17.6 Å². The van der Waals surface area contributed by atoms with Crippen LogP contribution in [0.15, 0.2) is 53.1 Å². The van der Waals surface area contributed by atoms with Gasteiger partial charge in [-0.15, -0.1) is 0 Å². The third kappa shape index (κ3) is 5.02. The standard InChI is InChI=1S/C22H21FN2O5/c1-13-19(14(2)30-25-13)12-28-20-7-5-4-6-18(20)22(27)29-15(3)21(26)24-17-10-8-16(23)9-11-17/h4-11,15H,12H2,1-3H3,(H,24,26)/t15-/m1/s1. The average Bonchev–Trinajstić information content (AvgIpc) is 3.05. The number of nitrogens with zero attached hydrogens (tertiary/aromatic N) is 1. The van der Waals surface area contributed by atoms with Crippen LogP contribution in [0.3, 0.4) is 0 Å². The van der Waals surface area contributed by atoms with E-state index in [9.17, 15) is 14.0 Å². The molecule has 3 rings (SSSR count). The SMILES string of the molecule is Cc1noc(C)c1COc1ccccc1C(=O)O[C@H](C)C(=O)Nc1ccc(F)cc1. The van der Waals surface area contributed by atoms with Crippen LogP contribution < -0.4 is 10.1 Å². The van der Waals surface area contributed by atoms with Crippen molar-refractivity contribution < 1.29 is 28.0 Å². The fraction of sp³-hybridized carbons (Fsp3) is 0.227. The van der Waals surface area contributed by atoms with Crippen LogP contribution in [0.5, 0.6) is 5.75 Å². The van der Waals surface area contributed by atoms with E-state index in [0.29, 0.717) is 22.9 Å². The Morgan fingerprint density at radius 1 is 1.13 bits per heavy atom. The highest BCUT2D eigenvalue weighted by Crippen LogP contribution is 2.23. The smallest absolute Gasteiger partial charge is 0.342 e. The molecular formula is C22H21FN2O5. The summed E-state index contributed by atoms with van der Waals surface area (Å²) >= 11 is 0. The second-order valence-corrected chi connectivity index (χ2v) is 6.63. The molecule has 0 unspecified atom stereocenters. The van der Waals surface area contributed by atoms with Crippen LogP contribution >= 0.6 is 0 Å². The van der Waals surface area contributed by atoms with Crippen molar-refractivity contribution in [1.82, 2.24) is 5.16 Å². The second-order valence-electron chi connectivity index (χ2n) is 6.63. The first-order valence-corrected chi connectivity index (χ1v) is 9.26. The lowest BCUT2D eigenvalue weighted by atomic mass is 10.2. The van der Waals surface area contributed by atoms with Crippen LogP contribution in [0.1, 0.15) is 34.3 Å². The van der Waals surface area contributed by atoms with Gasteiger partial charge in [0, 0.05) is 5.69 Å². The lowest BCUT2D eigenvalue weighted by molar-refractivity contribution is -0.123. The molecule has 1 aromatic heterocycles. The molecule has 0 aliphatic heterocycles. The van der Waals surface area contributed by atoms with Gasteiger partial charge in [-0.1, -0.05) is 17.3 Å². The molecule has 1 N–H and O–H groups in total. The molecule has 8 heteroatoms. The number of halogens is 1. The second kappa shape index (κ2) is 9.21. The summed E-state index contributed by atoms with van der Waals surface area (Å²) in [7, 11) is 0. The summed E-state index contributed by atoms with van der Waals surface area (Å²) in [6.07, 6.45) is -1.07. The zero-order valence-electron chi connectivity index (χ0n) is 16.8. The van der Waals surface area contributed by atoms with Crippen LogP contribution in [-0.4, -0.2) is 23.1 Å². The maximum Gasteiger partial charge on any atom is 0.342 e. The predicted octanol–water partition coefficient (Wildman–Crippen LogP) is 4.19. The Labute approximate surface area is 172 Å². The number of aromatic nitrogens is 1. The third-order valence-electron chi connectivity index (χ3n) is 4.43. The van der Waals surface area contributed by atoms with E-state index in [-0.39, 0.29) is 12.2 Å². The molecule has 0 aliphatic carbocycles. The average molecular weight is 412 g/mol. The summed E-state index contributed by atoms with van der Waals surface area (Å²) in [5.74, 6) is -0.705. The van der Waals surface area contributed by atoms with Crippen LogP contribution in [0, 0.1) is 19.7 Å². The van der Waals surface area contributed by atoms with Gasteiger partial charge in [0.1, 0.15) is 29.5 Å². The lowest BCUT2D eigenvalue weighted by Crippen LogP contribution is -2.30. The largest absolute Gasteiger partial charge is 0.488 e. The molecule has 1 amide bonds. The number of amides is 1. The van der Waals surface area contributed by atoms with Gasteiger partial charge in [0.2, 0.25) is 0 Å². The molecule has 1 atom stereocenters. The van der Waals surface area contributed by atoms with Crippen molar-refractivity contribution in [2.45, 2.75) is 33.5 Å². The summed E-state index contributed by atoms with van der Waals surface area (Å²) in [5, 5.41) is 6.44. The van der Waals surface area contributed by atoms with Crippen molar-refractivity contribution in [2.75, 3.05) is 5.32 Å². The highest BCUT2D eigenvalue weighted by molar-refractivity contribution is 5.98. The van der Waals surface area contributed by atoms with E-state index >= 15 is 0 Å². The van der Waals surface area contributed by atoms with Gasteiger partial charge in [-0.25, -0.2) is 9.18 Å². The number of anilines is 1. The Hall–Kier alpha value is -3.68. The maximum atomic E-state index is 13.0. The van der Waals surface area contributed by atoms with E-state index in [0.717, 1.165) is 5.56 Å². The molecule has 0 saturated carbocycles. The Morgan fingerprint density at radius 2 is 1.83 bits per heavy atom. The number of hydrogen-bond acceptors (Lipinski definition) is 6. The summed E-state index contributed by atoms with van der Waals surface area (Å²) in [4.78, 5) is 24.9. The first kappa shape index (κ1) is 21.0. The van der Waals surface area contributed by atoms with Gasteiger partial charge in [0.05, 0.1) is 11.3 Å². The van der Waals surface area contributed by atoms with Crippen LogP contribution in [0.2, 0.25) is 0 Å². The number of aryl methyl sites for hydroxylation is 2. The van der Waals surface area contributed by atoms with Crippen molar-refractivity contribution in [1.29, 1.82) is 0 Å². The number of carbonyl (C=O) groups is 2. The first-order valence-electron chi connectivity index (χ1n) is 9.26. The molecule has 30 heavy (non-hydrogen) atoms. The van der Waals surface area contributed by atoms with Gasteiger partial charge in [-0.2, -0.15) is 0 Å². The topological polar surface area (TPSA) is 90.7 Å². The summed E-state index contributed by atoms with van der Waals surface area (Å²) in [6, 6.07) is 11.9. The molecule has 7 nitrogen and oxygen atoms in total. The minimum atomic E-state index is -1.07. The van der Waals surface area contributed by atoms with Gasteiger partial charge in [-0.3, -0.25) is 4.79 Å². The predicted molar refractivity (Wildman–Crippen MR) is 107 cm³/mol. The molecule has 156 valence electrons. The Bertz CT molecular complexity index is 1030. The third-order valence-corrected chi connectivity index (χ3v) is 4.43. The molecule has 0 radical (unpaired) electrons. The van der Waals surface area contributed by atoms with E-state index < -0.39 is 23.8 Å². The number of nitrogens with one attached hydrogen (secondary N) is 1. The normalized spacial score (nSPS) is 11.6. The van der Waals surface area contributed by atoms with Crippen LogP contribution in [0.25, 0.3) is 0 Å². The quantitative estimate of drug-likeness (QED) is 0.585. The van der Waals surface area contributed by atoms with Gasteiger partial charge in [0.15, 0.2) is 6.10 Å². The molecular weight excluding hydrogens is 391 g/mol.